The zero-order valence-electron chi connectivity index (χ0n) is 14.5. The number of halogens is 1. The zero-order chi connectivity index (χ0) is 18.7. The SMILES string of the molecule is Cc1[nH]c(C(=O)O[C@H](C)C(=O)Nc2cccc(Cl)c2)c(C)c1[C@@H](C)O. The van der Waals surface area contributed by atoms with Gasteiger partial charge in [-0.3, -0.25) is 4.79 Å². The van der Waals surface area contributed by atoms with Crippen LogP contribution in [0.4, 0.5) is 5.69 Å². The van der Waals surface area contributed by atoms with Crippen molar-refractivity contribution in [1.29, 1.82) is 0 Å². The van der Waals surface area contributed by atoms with Gasteiger partial charge in [0.05, 0.1) is 6.10 Å². The van der Waals surface area contributed by atoms with Crippen molar-refractivity contribution in [2.24, 2.45) is 0 Å². The molecule has 0 bridgehead atoms. The average molecular weight is 365 g/mol. The number of aliphatic hydroxyl groups is 1. The number of benzene rings is 1. The quantitative estimate of drug-likeness (QED) is 0.708. The third-order valence-electron chi connectivity index (χ3n) is 3.86. The summed E-state index contributed by atoms with van der Waals surface area (Å²) in [5, 5.41) is 12.9. The summed E-state index contributed by atoms with van der Waals surface area (Å²) in [6.07, 6.45) is -1.70. The molecule has 0 spiro atoms. The second-order valence-electron chi connectivity index (χ2n) is 5.89. The Bertz CT molecular complexity index is 798. The van der Waals surface area contributed by atoms with Crippen LogP contribution >= 0.6 is 11.6 Å². The van der Waals surface area contributed by atoms with E-state index in [1.807, 2.05) is 0 Å². The van der Waals surface area contributed by atoms with Gasteiger partial charge in [-0.25, -0.2) is 4.79 Å². The van der Waals surface area contributed by atoms with Gasteiger partial charge in [0.2, 0.25) is 0 Å². The normalized spacial score (nSPS) is 13.2. The lowest BCUT2D eigenvalue weighted by Crippen LogP contribution is -2.30. The molecule has 0 aliphatic heterocycles. The van der Waals surface area contributed by atoms with Crippen LogP contribution in [0, 0.1) is 13.8 Å². The Labute approximate surface area is 151 Å². The lowest BCUT2D eigenvalue weighted by molar-refractivity contribution is -0.123. The third kappa shape index (κ3) is 4.41. The fourth-order valence-corrected chi connectivity index (χ4v) is 2.87. The molecule has 0 unspecified atom stereocenters. The number of anilines is 1. The molecule has 1 aromatic carbocycles. The first-order valence-electron chi connectivity index (χ1n) is 7.85. The Hall–Kier alpha value is -2.31. The van der Waals surface area contributed by atoms with Crippen LogP contribution in [-0.2, 0) is 9.53 Å². The number of aryl methyl sites for hydroxylation is 1. The number of aromatic amines is 1. The maximum Gasteiger partial charge on any atom is 0.355 e. The molecule has 2 aromatic rings. The number of nitrogens with one attached hydrogen (secondary N) is 2. The van der Waals surface area contributed by atoms with Gasteiger partial charge in [-0.05, 0) is 51.5 Å². The highest BCUT2D eigenvalue weighted by Crippen LogP contribution is 2.25. The Balaban J connectivity index is 2.07. The first kappa shape index (κ1) is 19.0. The van der Waals surface area contributed by atoms with Crippen LogP contribution in [0.1, 0.15) is 47.3 Å². The predicted octanol–water partition coefficient (Wildman–Crippen LogP) is 3.52. The summed E-state index contributed by atoms with van der Waals surface area (Å²) in [7, 11) is 0. The van der Waals surface area contributed by atoms with E-state index >= 15 is 0 Å². The van der Waals surface area contributed by atoms with Crippen LogP contribution < -0.4 is 5.32 Å². The molecule has 6 nitrogen and oxygen atoms in total. The van der Waals surface area contributed by atoms with Crippen molar-refractivity contribution < 1.29 is 19.4 Å². The molecule has 0 fully saturated rings. The summed E-state index contributed by atoms with van der Waals surface area (Å²) in [6, 6.07) is 6.68. The van der Waals surface area contributed by atoms with Gasteiger partial charge in [0.1, 0.15) is 5.69 Å². The van der Waals surface area contributed by atoms with E-state index in [1.54, 1.807) is 45.0 Å². The lowest BCUT2D eigenvalue weighted by Gasteiger charge is -2.13. The minimum Gasteiger partial charge on any atom is -0.448 e. The molecule has 3 N–H and O–H groups in total. The minimum absolute atomic E-state index is 0.232. The molecule has 0 saturated heterocycles. The van der Waals surface area contributed by atoms with Crippen LogP contribution in [0.25, 0.3) is 0 Å². The summed E-state index contributed by atoms with van der Waals surface area (Å²) in [5.74, 6) is -1.12. The van der Waals surface area contributed by atoms with Crippen LogP contribution in [0.5, 0.6) is 0 Å². The number of carbonyl (C=O) groups is 2. The van der Waals surface area contributed by atoms with Crippen molar-refractivity contribution in [3.63, 3.8) is 0 Å². The number of amides is 1. The molecular formula is C18H21ClN2O4. The smallest absolute Gasteiger partial charge is 0.355 e. The van der Waals surface area contributed by atoms with E-state index in [0.717, 1.165) is 0 Å². The van der Waals surface area contributed by atoms with Crippen molar-refractivity contribution in [2.75, 3.05) is 5.32 Å². The van der Waals surface area contributed by atoms with Crippen LogP contribution in [0.15, 0.2) is 24.3 Å². The van der Waals surface area contributed by atoms with Gasteiger partial charge >= 0.3 is 5.97 Å². The largest absolute Gasteiger partial charge is 0.448 e. The number of esters is 1. The maximum absolute atomic E-state index is 12.3. The highest BCUT2D eigenvalue weighted by Gasteiger charge is 2.24. The summed E-state index contributed by atoms with van der Waals surface area (Å²) in [5.41, 5.74) is 2.71. The van der Waals surface area contributed by atoms with E-state index in [0.29, 0.717) is 27.5 Å². The molecule has 7 heteroatoms. The molecule has 1 aromatic heterocycles. The number of H-pyrrole nitrogens is 1. The monoisotopic (exact) mass is 364 g/mol. The molecule has 1 amide bonds. The Kier molecular flexibility index (Phi) is 5.87. The van der Waals surface area contributed by atoms with Crippen molar-refractivity contribution in [3.8, 4) is 0 Å². The molecular weight excluding hydrogens is 344 g/mol. The summed E-state index contributed by atoms with van der Waals surface area (Å²) < 4.78 is 5.23. The van der Waals surface area contributed by atoms with E-state index in [1.165, 1.54) is 6.92 Å². The first-order chi connectivity index (χ1) is 11.7. The topological polar surface area (TPSA) is 91.4 Å². The lowest BCUT2D eigenvalue weighted by atomic mass is 10.1. The highest BCUT2D eigenvalue weighted by molar-refractivity contribution is 6.30. The van der Waals surface area contributed by atoms with Gasteiger partial charge in [0.25, 0.3) is 5.91 Å². The van der Waals surface area contributed by atoms with Gasteiger partial charge in [-0.1, -0.05) is 17.7 Å². The molecule has 0 radical (unpaired) electrons. The minimum atomic E-state index is -0.996. The standard InChI is InChI=1S/C18H21ClN2O4/c1-9-15(11(3)22)10(2)20-16(9)18(24)25-12(4)17(23)21-14-7-5-6-13(19)8-14/h5-8,11-12,20,22H,1-4H3,(H,21,23)/t11-,12-/m1/s1. The van der Waals surface area contributed by atoms with Gasteiger partial charge in [0, 0.05) is 22.0 Å². The van der Waals surface area contributed by atoms with E-state index in [2.05, 4.69) is 10.3 Å². The number of hydrogen-bond donors (Lipinski definition) is 3. The molecule has 134 valence electrons. The van der Waals surface area contributed by atoms with E-state index in [9.17, 15) is 14.7 Å². The Morgan fingerprint density at radius 1 is 1.28 bits per heavy atom. The van der Waals surface area contributed by atoms with Crippen molar-refractivity contribution in [3.05, 3.63) is 51.8 Å². The van der Waals surface area contributed by atoms with E-state index in [4.69, 9.17) is 16.3 Å². The van der Waals surface area contributed by atoms with Gasteiger partial charge in [-0.15, -0.1) is 0 Å². The summed E-state index contributed by atoms with van der Waals surface area (Å²) in [4.78, 5) is 27.4. The molecule has 0 saturated carbocycles. The molecule has 2 rings (SSSR count). The fourth-order valence-electron chi connectivity index (χ4n) is 2.68. The van der Waals surface area contributed by atoms with Crippen LogP contribution in [0.2, 0.25) is 5.02 Å². The van der Waals surface area contributed by atoms with Crippen molar-refractivity contribution >= 4 is 29.2 Å². The zero-order valence-corrected chi connectivity index (χ0v) is 15.3. The van der Waals surface area contributed by atoms with Crippen molar-refractivity contribution in [2.45, 2.75) is 39.9 Å². The molecule has 0 aliphatic carbocycles. The van der Waals surface area contributed by atoms with Gasteiger partial charge in [-0.2, -0.15) is 0 Å². The van der Waals surface area contributed by atoms with E-state index in [-0.39, 0.29) is 5.69 Å². The second-order valence-corrected chi connectivity index (χ2v) is 6.32. The average Bonchev–Trinajstić information content (AvgIpc) is 2.82. The number of aliphatic hydroxyl groups excluding tert-OH is 1. The third-order valence-corrected chi connectivity index (χ3v) is 4.10. The number of hydrogen-bond acceptors (Lipinski definition) is 4. The number of rotatable bonds is 5. The van der Waals surface area contributed by atoms with Crippen LogP contribution in [-0.4, -0.2) is 28.1 Å². The summed E-state index contributed by atoms with van der Waals surface area (Å²) >= 11 is 5.87. The Morgan fingerprint density at radius 3 is 2.52 bits per heavy atom. The number of aromatic nitrogens is 1. The van der Waals surface area contributed by atoms with Crippen LogP contribution in [0.3, 0.4) is 0 Å². The highest BCUT2D eigenvalue weighted by atomic mass is 35.5. The second kappa shape index (κ2) is 7.72. The van der Waals surface area contributed by atoms with E-state index < -0.39 is 24.1 Å². The van der Waals surface area contributed by atoms with Gasteiger partial charge < -0.3 is 20.1 Å². The summed E-state index contributed by atoms with van der Waals surface area (Å²) in [6.45, 7) is 6.60. The number of carbonyl (C=O) groups excluding carboxylic acids is 2. The van der Waals surface area contributed by atoms with Crippen molar-refractivity contribution in [1.82, 2.24) is 4.98 Å². The maximum atomic E-state index is 12.3. The first-order valence-corrected chi connectivity index (χ1v) is 8.23. The molecule has 1 heterocycles. The predicted molar refractivity (Wildman–Crippen MR) is 95.9 cm³/mol. The Morgan fingerprint density at radius 2 is 1.96 bits per heavy atom. The molecule has 2 atom stereocenters. The molecule has 0 aliphatic rings. The fraction of sp³-hybridized carbons (Fsp3) is 0.333. The molecule has 25 heavy (non-hydrogen) atoms. The number of ether oxygens (including phenoxy) is 1. The van der Waals surface area contributed by atoms with Gasteiger partial charge in [0.15, 0.2) is 6.10 Å².